The fraction of sp³-hybridized carbons (Fsp3) is 0.0769. The molecule has 148 valence electrons. The highest BCUT2D eigenvalue weighted by molar-refractivity contribution is 6.17. The van der Waals surface area contributed by atoms with Crippen molar-refractivity contribution < 1.29 is 14.6 Å². The Bertz CT molecular complexity index is 1350. The number of aromatic nitrogens is 1. The van der Waals surface area contributed by atoms with Gasteiger partial charge in [-0.3, -0.25) is 0 Å². The quantitative estimate of drug-likeness (QED) is 0.371. The van der Waals surface area contributed by atoms with E-state index in [1.807, 2.05) is 66.7 Å². The van der Waals surface area contributed by atoms with Gasteiger partial charge in [0, 0.05) is 32.9 Å². The van der Waals surface area contributed by atoms with Gasteiger partial charge in [0.2, 0.25) is 0 Å². The molecule has 0 aliphatic heterocycles. The average Bonchev–Trinajstić information content (AvgIpc) is 3.17. The number of fused-ring (bicyclic) bond motifs is 3. The number of rotatable bonds is 4. The van der Waals surface area contributed by atoms with Crippen molar-refractivity contribution in [2.24, 2.45) is 0 Å². The van der Waals surface area contributed by atoms with Crippen LogP contribution in [0.1, 0.15) is 0 Å². The molecule has 0 saturated carbocycles. The SMILES string of the molecule is COc1ccc(-c2cc3[nH]c4ccccc4c3c(-c3ccc(OC)cc3)c2O)cc1. The van der Waals surface area contributed by atoms with Crippen molar-refractivity contribution in [3.8, 4) is 39.5 Å². The summed E-state index contributed by atoms with van der Waals surface area (Å²) in [7, 11) is 3.29. The molecule has 0 atom stereocenters. The number of benzene rings is 4. The summed E-state index contributed by atoms with van der Waals surface area (Å²) in [6.07, 6.45) is 0. The molecule has 0 bridgehead atoms. The topological polar surface area (TPSA) is 54.5 Å². The maximum absolute atomic E-state index is 11.4. The Labute approximate surface area is 174 Å². The van der Waals surface area contributed by atoms with Gasteiger partial charge < -0.3 is 19.6 Å². The van der Waals surface area contributed by atoms with Gasteiger partial charge in [0.25, 0.3) is 0 Å². The average molecular weight is 395 g/mol. The van der Waals surface area contributed by atoms with E-state index in [9.17, 15) is 5.11 Å². The number of aromatic amines is 1. The minimum Gasteiger partial charge on any atom is -0.507 e. The number of hydrogen-bond acceptors (Lipinski definition) is 3. The second kappa shape index (κ2) is 7.16. The lowest BCUT2D eigenvalue weighted by Gasteiger charge is -2.14. The summed E-state index contributed by atoms with van der Waals surface area (Å²) in [6.45, 7) is 0. The molecule has 4 nitrogen and oxygen atoms in total. The van der Waals surface area contributed by atoms with Crippen LogP contribution in [0.4, 0.5) is 0 Å². The zero-order valence-electron chi connectivity index (χ0n) is 16.8. The first kappa shape index (κ1) is 18.1. The molecule has 0 unspecified atom stereocenters. The summed E-state index contributed by atoms with van der Waals surface area (Å²) < 4.78 is 10.6. The number of ether oxygens (including phenoxy) is 2. The lowest BCUT2D eigenvalue weighted by Crippen LogP contribution is -1.88. The summed E-state index contributed by atoms with van der Waals surface area (Å²) in [6, 6.07) is 25.7. The maximum atomic E-state index is 11.4. The smallest absolute Gasteiger partial charge is 0.132 e. The van der Waals surface area contributed by atoms with Crippen LogP contribution in [0.2, 0.25) is 0 Å². The second-order valence-corrected chi connectivity index (χ2v) is 7.20. The third-order valence-electron chi connectivity index (χ3n) is 5.55. The Morgan fingerprint density at radius 1 is 0.700 bits per heavy atom. The second-order valence-electron chi connectivity index (χ2n) is 7.20. The molecule has 30 heavy (non-hydrogen) atoms. The van der Waals surface area contributed by atoms with Gasteiger partial charge in [-0.1, -0.05) is 42.5 Å². The molecule has 0 amide bonds. The van der Waals surface area contributed by atoms with E-state index in [0.717, 1.165) is 55.6 Å². The van der Waals surface area contributed by atoms with Crippen molar-refractivity contribution >= 4 is 21.8 Å². The first-order valence-corrected chi connectivity index (χ1v) is 9.75. The molecule has 0 fully saturated rings. The van der Waals surface area contributed by atoms with Gasteiger partial charge in [-0.2, -0.15) is 0 Å². The van der Waals surface area contributed by atoms with E-state index < -0.39 is 0 Å². The van der Waals surface area contributed by atoms with Gasteiger partial charge >= 0.3 is 0 Å². The lowest BCUT2D eigenvalue weighted by molar-refractivity contribution is 0.415. The molecule has 0 aliphatic rings. The van der Waals surface area contributed by atoms with Gasteiger partial charge in [0.05, 0.1) is 14.2 Å². The monoisotopic (exact) mass is 395 g/mol. The Balaban J connectivity index is 1.84. The zero-order chi connectivity index (χ0) is 20.7. The van der Waals surface area contributed by atoms with E-state index in [0.29, 0.717) is 0 Å². The summed E-state index contributed by atoms with van der Waals surface area (Å²) in [5.41, 5.74) is 5.43. The van der Waals surface area contributed by atoms with E-state index in [2.05, 4.69) is 17.1 Å². The minimum atomic E-state index is 0.252. The largest absolute Gasteiger partial charge is 0.507 e. The van der Waals surface area contributed by atoms with E-state index in [1.54, 1.807) is 14.2 Å². The van der Waals surface area contributed by atoms with Crippen LogP contribution in [0, 0.1) is 0 Å². The lowest BCUT2D eigenvalue weighted by atomic mass is 9.93. The highest BCUT2D eigenvalue weighted by Crippen LogP contribution is 2.46. The number of para-hydroxylation sites is 1. The number of methoxy groups -OCH3 is 2. The van der Waals surface area contributed by atoms with Crippen LogP contribution in [-0.4, -0.2) is 24.3 Å². The molecule has 0 radical (unpaired) electrons. The van der Waals surface area contributed by atoms with E-state index >= 15 is 0 Å². The Morgan fingerprint density at radius 3 is 1.93 bits per heavy atom. The van der Waals surface area contributed by atoms with E-state index in [-0.39, 0.29) is 5.75 Å². The number of hydrogen-bond donors (Lipinski definition) is 2. The fourth-order valence-corrected chi connectivity index (χ4v) is 4.04. The molecule has 1 aromatic heterocycles. The standard InChI is InChI=1S/C26H21NO3/c1-29-18-11-7-16(8-12-18)21-15-23-25(20-5-3-4-6-22(20)27-23)24(26(21)28)17-9-13-19(30-2)14-10-17/h3-15,27-28H,1-2H3. The van der Waals surface area contributed by atoms with Crippen molar-refractivity contribution in [3.05, 3.63) is 78.9 Å². The van der Waals surface area contributed by atoms with Gasteiger partial charge in [-0.15, -0.1) is 0 Å². The third kappa shape index (κ3) is 2.85. The molecule has 2 N–H and O–H groups in total. The Kier molecular flexibility index (Phi) is 4.32. The molecular weight excluding hydrogens is 374 g/mol. The first-order valence-electron chi connectivity index (χ1n) is 9.75. The number of aromatic hydroxyl groups is 1. The molecular formula is C26H21NO3. The van der Waals surface area contributed by atoms with Crippen LogP contribution in [0.3, 0.4) is 0 Å². The summed E-state index contributed by atoms with van der Waals surface area (Å²) in [5.74, 6) is 1.81. The van der Waals surface area contributed by atoms with Crippen LogP contribution in [0.15, 0.2) is 78.9 Å². The van der Waals surface area contributed by atoms with Gasteiger partial charge in [-0.25, -0.2) is 0 Å². The molecule has 0 aliphatic carbocycles. The van der Waals surface area contributed by atoms with Crippen LogP contribution in [-0.2, 0) is 0 Å². The predicted molar refractivity (Wildman–Crippen MR) is 121 cm³/mol. The first-order chi connectivity index (χ1) is 14.7. The molecule has 5 rings (SSSR count). The van der Waals surface area contributed by atoms with Crippen molar-refractivity contribution in [2.45, 2.75) is 0 Å². The molecule has 4 aromatic carbocycles. The summed E-state index contributed by atoms with van der Waals surface area (Å²) in [5, 5.41) is 13.5. The predicted octanol–water partition coefficient (Wildman–Crippen LogP) is 6.38. The highest BCUT2D eigenvalue weighted by atomic mass is 16.5. The maximum Gasteiger partial charge on any atom is 0.132 e. The van der Waals surface area contributed by atoms with Crippen molar-refractivity contribution in [2.75, 3.05) is 14.2 Å². The number of phenols is 1. The fourth-order valence-electron chi connectivity index (χ4n) is 4.04. The van der Waals surface area contributed by atoms with Crippen LogP contribution in [0.25, 0.3) is 44.1 Å². The van der Waals surface area contributed by atoms with Crippen LogP contribution < -0.4 is 9.47 Å². The number of phenolic OH excluding ortho intramolecular Hbond substituents is 1. The Morgan fingerprint density at radius 2 is 1.30 bits per heavy atom. The van der Waals surface area contributed by atoms with Crippen LogP contribution in [0.5, 0.6) is 17.2 Å². The van der Waals surface area contributed by atoms with E-state index in [4.69, 9.17) is 9.47 Å². The van der Waals surface area contributed by atoms with Gasteiger partial charge in [0.15, 0.2) is 0 Å². The summed E-state index contributed by atoms with van der Waals surface area (Å²) in [4.78, 5) is 3.51. The summed E-state index contributed by atoms with van der Waals surface area (Å²) >= 11 is 0. The molecule has 0 spiro atoms. The molecule has 1 heterocycles. The zero-order valence-corrected chi connectivity index (χ0v) is 16.8. The minimum absolute atomic E-state index is 0.252. The highest BCUT2D eigenvalue weighted by Gasteiger charge is 2.19. The van der Waals surface area contributed by atoms with Crippen molar-refractivity contribution in [1.82, 2.24) is 4.98 Å². The van der Waals surface area contributed by atoms with E-state index in [1.165, 1.54) is 0 Å². The van der Waals surface area contributed by atoms with Gasteiger partial charge in [-0.05, 0) is 47.5 Å². The Hall–Kier alpha value is -3.92. The van der Waals surface area contributed by atoms with Crippen molar-refractivity contribution in [1.29, 1.82) is 0 Å². The third-order valence-corrected chi connectivity index (χ3v) is 5.55. The van der Waals surface area contributed by atoms with Gasteiger partial charge in [0.1, 0.15) is 17.2 Å². The van der Waals surface area contributed by atoms with Crippen LogP contribution >= 0.6 is 0 Å². The normalized spacial score (nSPS) is 11.1. The van der Waals surface area contributed by atoms with Crippen molar-refractivity contribution in [3.63, 3.8) is 0 Å². The molecule has 5 aromatic rings. The molecule has 4 heteroatoms. The number of nitrogens with one attached hydrogen (secondary N) is 1. The molecule has 0 saturated heterocycles. The number of H-pyrrole nitrogens is 1.